The lowest BCUT2D eigenvalue weighted by molar-refractivity contribution is 0.0594. The predicted molar refractivity (Wildman–Crippen MR) is 85.8 cm³/mol. The SMILES string of the molecule is COC(=O)c1cccc(C(=O)[C@H](C#N)c2nnc3n2CCCCC3)n1. The quantitative estimate of drug-likeness (QED) is 0.615. The minimum Gasteiger partial charge on any atom is -0.464 e. The van der Waals surface area contributed by atoms with Gasteiger partial charge >= 0.3 is 5.97 Å². The number of ketones is 1. The summed E-state index contributed by atoms with van der Waals surface area (Å²) in [6, 6.07) is 6.46. The Bertz CT molecular complexity index is 852. The Hall–Kier alpha value is -3.08. The summed E-state index contributed by atoms with van der Waals surface area (Å²) in [5, 5.41) is 17.8. The van der Waals surface area contributed by atoms with Crippen LogP contribution in [-0.2, 0) is 17.7 Å². The van der Waals surface area contributed by atoms with Crippen molar-refractivity contribution in [1.82, 2.24) is 19.7 Å². The number of hydrogen-bond donors (Lipinski definition) is 0. The number of fused-ring (bicyclic) bond motifs is 1. The van der Waals surface area contributed by atoms with Crippen LogP contribution in [0, 0.1) is 11.3 Å². The molecule has 2 aromatic rings. The van der Waals surface area contributed by atoms with Crippen molar-refractivity contribution in [3.8, 4) is 6.07 Å². The Balaban J connectivity index is 1.94. The van der Waals surface area contributed by atoms with Gasteiger partial charge in [-0.15, -0.1) is 10.2 Å². The molecule has 25 heavy (non-hydrogen) atoms. The Morgan fingerprint density at radius 2 is 2.04 bits per heavy atom. The minimum absolute atomic E-state index is 0.0186. The zero-order valence-corrected chi connectivity index (χ0v) is 13.8. The first-order valence-electron chi connectivity index (χ1n) is 8.07. The molecule has 2 aromatic heterocycles. The highest BCUT2D eigenvalue weighted by atomic mass is 16.5. The number of methoxy groups -OCH3 is 1. The molecular weight excluding hydrogens is 322 g/mol. The second-order valence-corrected chi connectivity index (χ2v) is 5.76. The van der Waals surface area contributed by atoms with E-state index in [4.69, 9.17) is 0 Å². The molecular formula is C17H17N5O3. The highest BCUT2D eigenvalue weighted by Crippen LogP contribution is 2.22. The fourth-order valence-corrected chi connectivity index (χ4v) is 2.89. The molecule has 0 unspecified atom stereocenters. The molecule has 8 heteroatoms. The Morgan fingerprint density at radius 1 is 1.24 bits per heavy atom. The third kappa shape index (κ3) is 3.26. The molecule has 0 spiro atoms. The van der Waals surface area contributed by atoms with E-state index in [1.807, 2.05) is 10.6 Å². The van der Waals surface area contributed by atoms with Gasteiger partial charge in [0.2, 0.25) is 5.78 Å². The number of rotatable bonds is 4. The van der Waals surface area contributed by atoms with Gasteiger partial charge in [0.15, 0.2) is 11.7 Å². The fourth-order valence-electron chi connectivity index (χ4n) is 2.89. The van der Waals surface area contributed by atoms with Gasteiger partial charge in [-0.25, -0.2) is 9.78 Å². The van der Waals surface area contributed by atoms with Crippen molar-refractivity contribution in [1.29, 1.82) is 5.26 Å². The van der Waals surface area contributed by atoms with Crippen LogP contribution in [0.3, 0.4) is 0 Å². The molecule has 1 atom stereocenters. The molecule has 0 saturated heterocycles. The van der Waals surface area contributed by atoms with E-state index in [9.17, 15) is 14.9 Å². The molecule has 0 aliphatic carbocycles. The highest BCUT2D eigenvalue weighted by Gasteiger charge is 2.30. The number of ether oxygens (including phenoxy) is 1. The number of carbonyl (C=O) groups excluding carboxylic acids is 2. The summed E-state index contributed by atoms with van der Waals surface area (Å²) >= 11 is 0. The van der Waals surface area contributed by atoms with Crippen molar-refractivity contribution in [2.24, 2.45) is 0 Å². The second-order valence-electron chi connectivity index (χ2n) is 5.76. The highest BCUT2D eigenvalue weighted by molar-refractivity contribution is 6.01. The van der Waals surface area contributed by atoms with E-state index in [0.29, 0.717) is 12.4 Å². The first-order chi connectivity index (χ1) is 12.2. The maximum Gasteiger partial charge on any atom is 0.356 e. The summed E-state index contributed by atoms with van der Waals surface area (Å²) in [5.41, 5.74) is 0.0468. The summed E-state index contributed by atoms with van der Waals surface area (Å²) in [4.78, 5) is 28.4. The van der Waals surface area contributed by atoms with Gasteiger partial charge < -0.3 is 9.30 Å². The predicted octanol–water partition coefficient (Wildman–Crippen LogP) is 1.68. The van der Waals surface area contributed by atoms with Gasteiger partial charge in [0.25, 0.3) is 0 Å². The monoisotopic (exact) mass is 339 g/mol. The summed E-state index contributed by atoms with van der Waals surface area (Å²) in [6.07, 6.45) is 3.85. The molecule has 0 radical (unpaired) electrons. The maximum absolute atomic E-state index is 12.8. The van der Waals surface area contributed by atoms with Crippen molar-refractivity contribution >= 4 is 11.8 Å². The molecule has 3 heterocycles. The number of nitriles is 1. The Labute approximate surface area is 144 Å². The molecule has 0 fully saturated rings. The largest absolute Gasteiger partial charge is 0.464 e. The standard InChI is InChI=1S/C17H17N5O3/c1-25-17(24)13-7-5-6-12(19-13)15(23)11(10-18)16-21-20-14-8-3-2-4-9-22(14)16/h5-7,11H,2-4,8-9H2,1H3/t11-/m0/s1. The number of aryl methyl sites for hydroxylation is 1. The van der Waals surface area contributed by atoms with Gasteiger partial charge in [-0.2, -0.15) is 5.26 Å². The first kappa shape index (κ1) is 16.8. The smallest absolute Gasteiger partial charge is 0.356 e. The molecule has 0 bridgehead atoms. The third-order valence-electron chi connectivity index (χ3n) is 4.18. The third-order valence-corrected chi connectivity index (χ3v) is 4.18. The maximum atomic E-state index is 12.8. The van der Waals surface area contributed by atoms with Gasteiger partial charge in [-0.1, -0.05) is 12.5 Å². The van der Waals surface area contributed by atoms with Gasteiger partial charge in [-0.05, 0) is 25.0 Å². The molecule has 0 N–H and O–H groups in total. The number of hydrogen-bond acceptors (Lipinski definition) is 7. The van der Waals surface area contributed by atoms with Crippen molar-refractivity contribution in [3.63, 3.8) is 0 Å². The topological polar surface area (TPSA) is 111 Å². The normalized spacial score (nSPS) is 14.7. The van der Waals surface area contributed by atoms with E-state index in [1.165, 1.54) is 25.3 Å². The van der Waals surface area contributed by atoms with E-state index in [0.717, 1.165) is 31.5 Å². The van der Waals surface area contributed by atoms with Crippen molar-refractivity contribution in [2.75, 3.05) is 7.11 Å². The molecule has 1 aliphatic rings. The summed E-state index contributed by atoms with van der Waals surface area (Å²) in [5.74, 6) is -1.11. The number of nitrogens with zero attached hydrogens (tertiary/aromatic N) is 5. The molecule has 0 saturated carbocycles. The molecule has 8 nitrogen and oxygen atoms in total. The van der Waals surface area contributed by atoms with E-state index >= 15 is 0 Å². The Kier molecular flexibility index (Phi) is 4.84. The number of aromatic nitrogens is 4. The summed E-state index contributed by atoms with van der Waals surface area (Å²) in [6.45, 7) is 0.693. The molecule has 1 aliphatic heterocycles. The van der Waals surface area contributed by atoms with Crippen LogP contribution < -0.4 is 0 Å². The van der Waals surface area contributed by atoms with Crippen LogP contribution >= 0.6 is 0 Å². The van der Waals surface area contributed by atoms with Crippen molar-refractivity contribution < 1.29 is 14.3 Å². The van der Waals surface area contributed by atoms with Crippen LogP contribution in [0.25, 0.3) is 0 Å². The molecule has 3 rings (SSSR count). The second kappa shape index (κ2) is 7.21. The van der Waals surface area contributed by atoms with Crippen LogP contribution in [0.15, 0.2) is 18.2 Å². The van der Waals surface area contributed by atoms with Gasteiger partial charge in [0.1, 0.15) is 17.2 Å². The van der Waals surface area contributed by atoms with Crippen molar-refractivity contribution in [3.05, 3.63) is 41.2 Å². The zero-order chi connectivity index (χ0) is 17.8. The zero-order valence-electron chi connectivity index (χ0n) is 13.8. The number of carbonyl (C=O) groups is 2. The van der Waals surface area contributed by atoms with E-state index in [1.54, 1.807) is 0 Å². The van der Waals surface area contributed by atoms with Gasteiger partial charge in [-0.3, -0.25) is 4.79 Å². The van der Waals surface area contributed by atoms with E-state index < -0.39 is 17.7 Å². The Morgan fingerprint density at radius 3 is 2.80 bits per heavy atom. The van der Waals surface area contributed by atoms with Crippen LogP contribution in [0.5, 0.6) is 0 Å². The van der Waals surface area contributed by atoms with Gasteiger partial charge in [0.05, 0.1) is 13.2 Å². The molecule has 128 valence electrons. The molecule has 0 amide bonds. The van der Waals surface area contributed by atoms with Crippen LogP contribution in [0.2, 0.25) is 0 Å². The fraction of sp³-hybridized carbons (Fsp3) is 0.412. The summed E-state index contributed by atoms with van der Waals surface area (Å²) < 4.78 is 6.48. The van der Waals surface area contributed by atoms with Crippen molar-refractivity contribution in [2.45, 2.75) is 38.1 Å². The van der Waals surface area contributed by atoms with E-state index in [2.05, 4.69) is 19.9 Å². The first-order valence-corrected chi connectivity index (χ1v) is 8.07. The minimum atomic E-state index is -1.11. The van der Waals surface area contributed by atoms with Crippen LogP contribution in [-0.4, -0.2) is 38.6 Å². The average Bonchev–Trinajstić information content (AvgIpc) is 2.89. The summed E-state index contributed by atoms with van der Waals surface area (Å²) in [7, 11) is 1.24. The lowest BCUT2D eigenvalue weighted by Crippen LogP contribution is -2.19. The number of pyridine rings is 1. The van der Waals surface area contributed by atoms with E-state index in [-0.39, 0.29) is 11.4 Å². The number of Topliss-reactive ketones (excluding diaryl/α,β-unsaturated/α-hetero) is 1. The lowest BCUT2D eigenvalue weighted by Gasteiger charge is -2.11. The van der Waals surface area contributed by atoms with Crippen LogP contribution in [0.1, 0.15) is 57.8 Å². The molecule has 0 aromatic carbocycles. The average molecular weight is 339 g/mol. The number of esters is 1. The van der Waals surface area contributed by atoms with Crippen LogP contribution in [0.4, 0.5) is 0 Å². The van der Waals surface area contributed by atoms with Gasteiger partial charge in [0, 0.05) is 13.0 Å². The lowest BCUT2D eigenvalue weighted by atomic mass is 10.0.